The summed E-state index contributed by atoms with van der Waals surface area (Å²) in [7, 11) is 0. The highest BCUT2D eigenvalue weighted by atomic mass is 16.1. The maximum Gasteiger partial charge on any atom is 0.261 e. The van der Waals surface area contributed by atoms with Crippen molar-refractivity contribution in [1.82, 2.24) is 9.55 Å². The predicted molar refractivity (Wildman–Crippen MR) is 70.1 cm³/mol. The average molecular weight is 230 g/mol. The summed E-state index contributed by atoms with van der Waals surface area (Å²) in [4.78, 5) is 16.4. The van der Waals surface area contributed by atoms with Crippen LogP contribution >= 0.6 is 0 Å². The minimum absolute atomic E-state index is 0.0760. The maximum absolute atomic E-state index is 12.1. The molecule has 0 unspecified atom stereocenters. The summed E-state index contributed by atoms with van der Waals surface area (Å²) < 4.78 is 1.72. The standard InChI is InChI=1S/C14H18N2O/c1-2-3-4-7-10-16-11-15-13-9-6-5-8-12(13)14(16)17/h5-6,8-9,11H,2-4,7,10H2,1H3. The number of hydrogen-bond donors (Lipinski definition) is 0. The first-order valence-corrected chi connectivity index (χ1v) is 6.27. The highest BCUT2D eigenvalue weighted by Crippen LogP contribution is 2.06. The van der Waals surface area contributed by atoms with E-state index in [9.17, 15) is 4.79 Å². The summed E-state index contributed by atoms with van der Waals surface area (Å²) in [6, 6.07) is 7.50. The van der Waals surface area contributed by atoms with E-state index in [1.54, 1.807) is 10.9 Å². The van der Waals surface area contributed by atoms with E-state index in [1.807, 2.05) is 24.3 Å². The maximum atomic E-state index is 12.1. The molecule has 2 rings (SSSR count). The highest BCUT2D eigenvalue weighted by molar-refractivity contribution is 5.76. The fraction of sp³-hybridized carbons (Fsp3) is 0.429. The molecular formula is C14H18N2O. The Morgan fingerprint density at radius 2 is 2.00 bits per heavy atom. The quantitative estimate of drug-likeness (QED) is 0.740. The van der Waals surface area contributed by atoms with E-state index in [0.717, 1.165) is 18.5 Å². The molecule has 1 aromatic heterocycles. The summed E-state index contributed by atoms with van der Waals surface area (Å²) in [5.41, 5.74) is 0.856. The molecule has 0 amide bonds. The van der Waals surface area contributed by atoms with Crippen LogP contribution in [0.15, 0.2) is 35.4 Å². The van der Waals surface area contributed by atoms with Gasteiger partial charge in [0.25, 0.3) is 5.56 Å². The zero-order chi connectivity index (χ0) is 12.1. The Kier molecular flexibility index (Phi) is 3.91. The SMILES string of the molecule is CCCCCCn1cnc2ccccc2c1=O. The van der Waals surface area contributed by atoms with E-state index >= 15 is 0 Å². The molecule has 90 valence electrons. The van der Waals surface area contributed by atoms with Crippen LogP contribution in [0.5, 0.6) is 0 Å². The largest absolute Gasteiger partial charge is 0.299 e. The minimum atomic E-state index is 0.0760. The van der Waals surface area contributed by atoms with E-state index in [-0.39, 0.29) is 5.56 Å². The number of unbranched alkanes of at least 4 members (excludes halogenated alkanes) is 3. The third-order valence-electron chi connectivity index (χ3n) is 2.98. The van der Waals surface area contributed by atoms with Crippen molar-refractivity contribution >= 4 is 10.9 Å². The Balaban J connectivity index is 2.18. The summed E-state index contributed by atoms with van der Waals surface area (Å²) >= 11 is 0. The second kappa shape index (κ2) is 5.62. The molecule has 3 heteroatoms. The van der Waals surface area contributed by atoms with Gasteiger partial charge in [-0.3, -0.25) is 9.36 Å². The molecule has 0 aliphatic heterocycles. The van der Waals surface area contributed by atoms with Crippen molar-refractivity contribution < 1.29 is 0 Å². The van der Waals surface area contributed by atoms with Crippen LogP contribution in [0, 0.1) is 0 Å². The summed E-state index contributed by atoms with van der Waals surface area (Å²) in [6.45, 7) is 2.96. The smallest absolute Gasteiger partial charge is 0.261 e. The lowest BCUT2D eigenvalue weighted by molar-refractivity contribution is 0.567. The zero-order valence-electron chi connectivity index (χ0n) is 10.2. The molecule has 0 aliphatic carbocycles. The Hall–Kier alpha value is -1.64. The van der Waals surface area contributed by atoms with Crippen LogP contribution in [0.25, 0.3) is 10.9 Å². The fourth-order valence-corrected chi connectivity index (χ4v) is 1.97. The first kappa shape index (κ1) is 11.8. The van der Waals surface area contributed by atoms with Gasteiger partial charge in [0, 0.05) is 6.54 Å². The first-order chi connectivity index (χ1) is 8.33. The predicted octanol–water partition coefficient (Wildman–Crippen LogP) is 2.98. The van der Waals surface area contributed by atoms with Crippen LogP contribution in [0.3, 0.4) is 0 Å². The van der Waals surface area contributed by atoms with Gasteiger partial charge in [-0.05, 0) is 18.6 Å². The lowest BCUT2D eigenvalue weighted by Gasteiger charge is -2.05. The monoisotopic (exact) mass is 230 g/mol. The molecule has 1 heterocycles. The summed E-state index contributed by atoms with van der Waals surface area (Å²) in [5, 5.41) is 0.713. The minimum Gasteiger partial charge on any atom is -0.299 e. The number of benzene rings is 1. The highest BCUT2D eigenvalue weighted by Gasteiger charge is 2.02. The van der Waals surface area contributed by atoms with Crippen molar-refractivity contribution in [2.24, 2.45) is 0 Å². The third-order valence-corrected chi connectivity index (χ3v) is 2.98. The lowest BCUT2D eigenvalue weighted by Crippen LogP contribution is -2.20. The Morgan fingerprint density at radius 3 is 2.82 bits per heavy atom. The first-order valence-electron chi connectivity index (χ1n) is 6.27. The molecular weight excluding hydrogens is 212 g/mol. The molecule has 0 radical (unpaired) electrons. The van der Waals surface area contributed by atoms with Crippen molar-refractivity contribution in [2.75, 3.05) is 0 Å². The summed E-state index contributed by atoms with van der Waals surface area (Å²) in [5.74, 6) is 0. The number of fused-ring (bicyclic) bond motifs is 1. The van der Waals surface area contributed by atoms with Gasteiger partial charge in [-0.1, -0.05) is 38.3 Å². The Bertz CT molecular complexity index is 545. The fourth-order valence-electron chi connectivity index (χ4n) is 1.97. The van der Waals surface area contributed by atoms with Gasteiger partial charge in [0.05, 0.1) is 17.2 Å². The van der Waals surface area contributed by atoms with E-state index in [4.69, 9.17) is 0 Å². The molecule has 0 N–H and O–H groups in total. The topological polar surface area (TPSA) is 34.9 Å². The number of aromatic nitrogens is 2. The van der Waals surface area contributed by atoms with Crippen molar-refractivity contribution in [3.63, 3.8) is 0 Å². The van der Waals surface area contributed by atoms with Crippen molar-refractivity contribution in [3.05, 3.63) is 40.9 Å². The van der Waals surface area contributed by atoms with Crippen LogP contribution < -0.4 is 5.56 Å². The van der Waals surface area contributed by atoms with E-state index in [0.29, 0.717) is 5.39 Å². The van der Waals surface area contributed by atoms with Crippen LogP contribution in [0.1, 0.15) is 32.6 Å². The molecule has 3 nitrogen and oxygen atoms in total. The van der Waals surface area contributed by atoms with Crippen molar-refractivity contribution in [2.45, 2.75) is 39.2 Å². The molecule has 0 bridgehead atoms. The lowest BCUT2D eigenvalue weighted by atomic mass is 10.2. The number of aryl methyl sites for hydroxylation is 1. The van der Waals surface area contributed by atoms with E-state index in [2.05, 4.69) is 11.9 Å². The second-order valence-electron chi connectivity index (χ2n) is 4.32. The number of hydrogen-bond acceptors (Lipinski definition) is 2. The van der Waals surface area contributed by atoms with Gasteiger partial charge in [0.2, 0.25) is 0 Å². The normalized spacial score (nSPS) is 10.9. The van der Waals surface area contributed by atoms with Gasteiger partial charge in [-0.25, -0.2) is 4.98 Å². The molecule has 0 atom stereocenters. The van der Waals surface area contributed by atoms with Gasteiger partial charge < -0.3 is 0 Å². The van der Waals surface area contributed by atoms with Gasteiger partial charge >= 0.3 is 0 Å². The molecule has 0 fully saturated rings. The van der Waals surface area contributed by atoms with Crippen LogP contribution in [-0.2, 0) is 6.54 Å². The molecule has 0 saturated carbocycles. The van der Waals surface area contributed by atoms with E-state index < -0.39 is 0 Å². The number of nitrogens with zero attached hydrogens (tertiary/aromatic N) is 2. The molecule has 0 saturated heterocycles. The van der Waals surface area contributed by atoms with Gasteiger partial charge in [0.1, 0.15) is 0 Å². The van der Waals surface area contributed by atoms with Crippen LogP contribution in [0.2, 0.25) is 0 Å². The third kappa shape index (κ3) is 2.73. The Morgan fingerprint density at radius 1 is 1.18 bits per heavy atom. The van der Waals surface area contributed by atoms with Crippen LogP contribution in [0.4, 0.5) is 0 Å². The van der Waals surface area contributed by atoms with Gasteiger partial charge in [0.15, 0.2) is 0 Å². The Labute approximate surface area is 101 Å². The van der Waals surface area contributed by atoms with Crippen LogP contribution in [-0.4, -0.2) is 9.55 Å². The second-order valence-corrected chi connectivity index (χ2v) is 4.32. The molecule has 1 aromatic carbocycles. The molecule has 2 aromatic rings. The number of para-hydroxylation sites is 1. The average Bonchev–Trinajstić information content (AvgIpc) is 2.37. The zero-order valence-corrected chi connectivity index (χ0v) is 10.2. The van der Waals surface area contributed by atoms with Gasteiger partial charge in [-0.2, -0.15) is 0 Å². The van der Waals surface area contributed by atoms with Crippen molar-refractivity contribution in [1.29, 1.82) is 0 Å². The molecule has 0 aliphatic rings. The molecule has 0 spiro atoms. The van der Waals surface area contributed by atoms with Crippen molar-refractivity contribution in [3.8, 4) is 0 Å². The van der Waals surface area contributed by atoms with E-state index in [1.165, 1.54) is 19.3 Å². The van der Waals surface area contributed by atoms with Gasteiger partial charge in [-0.15, -0.1) is 0 Å². The number of rotatable bonds is 5. The summed E-state index contributed by atoms with van der Waals surface area (Å²) in [6.07, 6.45) is 6.33. The molecule has 17 heavy (non-hydrogen) atoms.